The van der Waals surface area contributed by atoms with E-state index in [4.69, 9.17) is 4.74 Å². The number of nitro benzene ring substituents is 1. The number of ether oxygens (including phenoxy) is 1. The van der Waals surface area contributed by atoms with Gasteiger partial charge in [-0.1, -0.05) is 6.07 Å². The number of rotatable bonds is 5. The molecule has 0 unspecified atom stereocenters. The van der Waals surface area contributed by atoms with E-state index in [1.807, 2.05) is 0 Å². The number of hydrogen-bond donors (Lipinski definition) is 2. The van der Waals surface area contributed by atoms with E-state index in [0.29, 0.717) is 18.0 Å². The first-order valence-corrected chi connectivity index (χ1v) is 6.05. The lowest BCUT2D eigenvalue weighted by molar-refractivity contribution is -0.387. The molecule has 2 rings (SSSR count). The highest BCUT2D eigenvalue weighted by atomic mass is 19.1. The van der Waals surface area contributed by atoms with Crippen LogP contribution < -0.4 is 10.1 Å². The van der Waals surface area contributed by atoms with Gasteiger partial charge in [0.1, 0.15) is 0 Å². The molecule has 0 heterocycles. The number of benzene rings is 2. The van der Waals surface area contributed by atoms with E-state index in [-0.39, 0.29) is 5.75 Å². The fourth-order valence-electron chi connectivity index (χ4n) is 1.80. The molecule has 0 saturated carbocycles. The van der Waals surface area contributed by atoms with Crippen molar-refractivity contribution in [3.63, 3.8) is 0 Å². The Bertz CT molecular complexity index is 676. The van der Waals surface area contributed by atoms with Gasteiger partial charge in [0, 0.05) is 24.4 Å². The van der Waals surface area contributed by atoms with Gasteiger partial charge in [0.2, 0.25) is 5.82 Å². The third-order valence-electron chi connectivity index (χ3n) is 2.89. The van der Waals surface area contributed by atoms with Crippen molar-refractivity contribution >= 4 is 11.4 Å². The van der Waals surface area contributed by atoms with Gasteiger partial charge in [-0.2, -0.15) is 4.39 Å². The smallest absolute Gasteiger partial charge is 0.304 e. The van der Waals surface area contributed by atoms with Crippen LogP contribution in [0.3, 0.4) is 0 Å². The minimum Gasteiger partial charge on any atom is -0.504 e. The van der Waals surface area contributed by atoms with Gasteiger partial charge in [0.25, 0.3) is 0 Å². The van der Waals surface area contributed by atoms with Crippen LogP contribution in [0.4, 0.5) is 15.8 Å². The fraction of sp³-hybridized carbons (Fsp3) is 0.143. The third kappa shape index (κ3) is 3.38. The summed E-state index contributed by atoms with van der Waals surface area (Å²) in [6, 6.07) is 8.42. The van der Waals surface area contributed by atoms with Crippen molar-refractivity contribution in [1.29, 1.82) is 0 Å². The van der Waals surface area contributed by atoms with E-state index in [1.54, 1.807) is 12.1 Å². The fourth-order valence-corrected chi connectivity index (χ4v) is 1.80. The summed E-state index contributed by atoms with van der Waals surface area (Å²) in [5.74, 6) is -0.528. The second kappa shape index (κ2) is 6.08. The predicted molar refractivity (Wildman–Crippen MR) is 75.0 cm³/mol. The summed E-state index contributed by atoms with van der Waals surface area (Å²) in [4.78, 5) is 9.75. The number of nitro groups is 1. The largest absolute Gasteiger partial charge is 0.504 e. The maximum absolute atomic E-state index is 13.5. The summed E-state index contributed by atoms with van der Waals surface area (Å²) in [6.45, 7) is 0.355. The van der Waals surface area contributed by atoms with Crippen LogP contribution in [-0.4, -0.2) is 17.1 Å². The van der Waals surface area contributed by atoms with Gasteiger partial charge in [0.05, 0.1) is 12.0 Å². The molecule has 0 bridgehead atoms. The minimum absolute atomic E-state index is 0.0302. The van der Waals surface area contributed by atoms with Gasteiger partial charge in [-0.15, -0.1) is 0 Å². The van der Waals surface area contributed by atoms with Crippen molar-refractivity contribution in [1.82, 2.24) is 0 Å². The molecule has 0 aliphatic carbocycles. The summed E-state index contributed by atoms with van der Waals surface area (Å²) in [6.07, 6.45) is 0. The van der Waals surface area contributed by atoms with Crippen LogP contribution in [0.15, 0.2) is 36.4 Å². The molecule has 0 amide bonds. The number of methoxy groups -OCH3 is 1. The molecule has 2 aromatic rings. The van der Waals surface area contributed by atoms with Crippen LogP contribution in [0.2, 0.25) is 0 Å². The van der Waals surface area contributed by atoms with Crippen molar-refractivity contribution in [3.05, 3.63) is 57.9 Å². The Morgan fingerprint density at radius 1 is 1.33 bits per heavy atom. The van der Waals surface area contributed by atoms with Crippen molar-refractivity contribution in [2.45, 2.75) is 6.54 Å². The molecule has 7 heteroatoms. The maximum atomic E-state index is 13.5. The second-order valence-corrected chi connectivity index (χ2v) is 4.28. The Balaban J connectivity index is 2.09. The zero-order chi connectivity index (χ0) is 15.4. The van der Waals surface area contributed by atoms with Gasteiger partial charge in [-0.25, -0.2) is 0 Å². The number of phenolic OH excluding ortho intramolecular Hbond substituents is 1. The lowest BCUT2D eigenvalue weighted by atomic mass is 10.2. The molecule has 21 heavy (non-hydrogen) atoms. The van der Waals surface area contributed by atoms with E-state index in [2.05, 4.69) is 5.32 Å². The van der Waals surface area contributed by atoms with E-state index in [9.17, 15) is 19.6 Å². The predicted octanol–water partition coefficient (Wildman–Crippen LogP) is 3.06. The summed E-state index contributed by atoms with van der Waals surface area (Å²) in [5, 5.41) is 22.9. The van der Waals surface area contributed by atoms with E-state index >= 15 is 0 Å². The first-order valence-electron chi connectivity index (χ1n) is 6.05. The molecule has 0 aliphatic heterocycles. The van der Waals surface area contributed by atoms with Crippen LogP contribution in [-0.2, 0) is 6.54 Å². The van der Waals surface area contributed by atoms with E-state index in [1.165, 1.54) is 19.2 Å². The number of anilines is 1. The van der Waals surface area contributed by atoms with Gasteiger partial charge in [-0.05, 0) is 23.8 Å². The van der Waals surface area contributed by atoms with Crippen LogP contribution in [0.5, 0.6) is 11.5 Å². The molecule has 2 N–H and O–H groups in total. The Morgan fingerprint density at radius 2 is 2.10 bits per heavy atom. The van der Waals surface area contributed by atoms with Crippen molar-refractivity contribution in [3.8, 4) is 11.5 Å². The summed E-state index contributed by atoms with van der Waals surface area (Å²) >= 11 is 0. The Morgan fingerprint density at radius 3 is 2.71 bits per heavy atom. The first kappa shape index (κ1) is 14.6. The second-order valence-electron chi connectivity index (χ2n) is 4.28. The monoisotopic (exact) mass is 292 g/mol. The van der Waals surface area contributed by atoms with Crippen molar-refractivity contribution in [2.75, 3.05) is 12.4 Å². The van der Waals surface area contributed by atoms with Gasteiger partial charge >= 0.3 is 5.69 Å². The average molecular weight is 292 g/mol. The third-order valence-corrected chi connectivity index (χ3v) is 2.89. The number of nitrogens with zero attached hydrogens (tertiary/aromatic N) is 1. The molecule has 0 aliphatic rings. The molecule has 0 fully saturated rings. The van der Waals surface area contributed by atoms with Gasteiger partial charge in [0.15, 0.2) is 11.5 Å². The van der Waals surface area contributed by atoms with E-state index in [0.717, 1.165) is 17.7 Å². The number of phenols is 1. The first-order chi connectivity index (χ1) is 10.0. The highest BCUT2D eigenvalue weighted by Crippen LogP contribution is 2.27. The molecular formula is C14H13FN2O4. The molecular weight excluding hydrogens is 279 g/mol. The SMILES string of the molecule is COc1cc(CNc2ccc([N+](=O)[O-])c(F)c2)ccc1O. The van der Waals surface area contributed by atoms with Gasteiger partial charge < -0.3 is 15.2 Å². The molecule has 6 nitrogen and oxygen atoms in total. The molecule has 0 atom stereocenters. The van der Waals surface area contributed by atoms with Crippen molar-refractivity contribution in [2.24, 2.45) is 0 Å². The Labute approximate surface area is 119 Å². The number of nitrogens with one attached hydrogen (secondary N) is 1. The zero-order valence-corrected chi connectivity index (χ0v) is 11.2. The minimum atomic E-state index is -0.895. The number of aromatic hydroxyl groups is 1. The van der Waals surface area contributed by atoms with Crippen LogP contribution >= 0.6 is 0 Å². The number of halogens is 1. The highest BCUT2D eigenvalue weighted by Gasteiger charge is 2.13. The molecule has 0 radical (unpaired) electrons. The lowest BCUT2D eigenvalue weighted by Crippen LogP contribution is -2.01. The van der Waals surface area contributed by atoms with Gasteiger partial charge in [-0.3, -0.25) is 10.1 Å². The lowest BCUT2D eigenvalue weighted by Gasteiger charge is -2.09. The molecule has 0 saturated heterocycles. The summed E-state index contributed by atoms with van der Waals surface area (Å²) in [5.41, 5.74) is 0.667. The van der Waals surface area contributed by atoms with Crippen LogP contribution in [0, 0.1) is 15.9 Å². The average Bonchev–Trinajstić information content (AvgIpc) is 2.46. The summed E-state index contributed by atoms with van der Waals surface area (Å²) in [7, 11) is 1.44. The highest BCUT2D eigenvalue weighted by molar-refractivity contribution is 5.50. The quantitative estimate of drug-likeness (QED) is 0.653. The Kier molecular flexibility index (Phi) is 4.22. The summed E-state index contributed by atoms with van der Waals surface area (Å²) < 4.78 is 18.4. The maximum Gasteiger partial charge on any atom is 0.304 e. The standard InChI is InChI=1S/C14H13FN2O4/c1-21-14-6-9(2-5-13(14)18)8-16-10-3-4-12(17(19)20)11(15)7-10/h2-7,16,18H,8H2,1H3. The molecule has 0 aromatic heterocycles. The van der Waals surface area contributed by atoms with Crippen LogP contribution in [0.25, 0.3) is 0 Å². The number of hydrogen-bond acceptors (Lipinski definition) is 5. The topological polar surface area (TPSA) is 84.6 Å². The van der Waals surface area contributed by atoms with Crippen molar-refractivity contribution < 1.29 is 19.2 Å². The van der Waals surface area contributed by atoms with Crippen LogP contribution in [0.1, 0.15) is 5.56 Å². The normalized spacial score (nSPS) is 10.2. The molecule has 110 valence electrons. The molecule has 2 aromatic carbocycles. The van der Waals surface area contributed by atoms with E-state index < -0.39 is 16.4 Å². The zero-order valence-electron chi connectivity index (χ0n) is 11.2. The molecule has 0 spiro atoms. The Hall–Kier alpha value is -2.83.